The topological polar surface area (TPSA) is 102 Å². The fraction of sp³-hybridized carbons (Fsp3) is 0.364. The number of rotatable bonds is 5. The molecule has 0 aliphatic rings. The minimum atomic E-state index is -1.28. The van der Waals surface area contributed by atoms with Crippen LogP contribution in [0.5, 0.6) is 17.2 Å². The molecule has 0 saturated heterocycles. The van der Waals surface area contributed by atoms with Crippen LogP contribution >= 0.6 is 0 Å². The van der Waals surface area contributed by atoms with Crippen molar-refractivity contribution in [2.45, 2.75) is 12.5 Å². The van der Waals surface area contributed by atoms with E-state index < -0.39 is 23.6 Å². The third kappa shape index (κ3) is 2.62. The smallest absolute Gasteiger partial charge is 0.320 e. The van der Waals surface area contributed by atoms with Crippen molar-refractivity contribution in [3.05, 3.63) is 17.4 Å². The number of aliphatic carboxylic acids is 1. The summed E-state index contributed by atoms with van der Waals surface area (Å²) in [7, 11) is 2.60. The second kappa shape index (κ2) is 5.54. The van der Waals surface area contributed by atoms with Gasteiger partial charge in [0.25, 0.3) is 0 Å². The normalized spacial score (nSPS) is 12.0. The minimum Gasteiger partial charge on any atom is -0.505 e. The van der Waals surface area contributed by atoms with Gasteiger partial charge in [0.1, 0.15) is 6.04 Å². The number of methoxy groups -OCH3 is 2. The molecule has 0 aromatic heterocycles. The molecule has 6 nitrogen and oxygen atoms in total. The van der Waals surface area contributed by atoms with E-state index >= 15 is 0 Å². The van der Waals surface area contributed by atoms with Crippen LogP contribution in [0.4, 0.5) is 4.39 Å². The summed E-state index contributed by atoms with van der Waals surface area (Å²) in [5.41, 5.74) is 5.32. The number of carbonyl (C=O) groups is 1. The molecule has 1 unspecified atom stereocenters. The van der Waals surface area contributed by atoms with Gasteiger partial charge in [0, 0.05) is 18.1 Å². The molecular weight excluding hydrogens is 245 g/mol. The number of carboxylic acid groups (broad SMARTS) is 1. The maximum absolute atomic E-state index is 13.4. The van der Waals surface area contributed by atoms with Crippen LogP contribution in [0.25, 0.3) is 0 Å². The molecule has 7 heteroatoms. The molecule has 1 aromatic carbocycles. The Labute approximate surface area is 103 Å². The quantitative estimate of drug-likeness (QED) is 0.711. The number of hydrogen-bond donors (Lipinski definition) is 3. The lowest BCUT2D eigenvalue weighted by molar-refractivity contribution is -0.138. The number of hydrogen-bond acceptors (Lipinski definition) is 5. The van der Waals surface area contributed by atoms with Gasteiger partial charge in [-0.3, -0.25) is 4.79 Å². The average molecular weight is 259 g/mol. The fourth-order valence-electron chi connectivity index (χ4n) is 1.52. The van der Waals surface area contributed by atoms with E-state index in [0.29, 0.717) is 0 Å². The number of halogens is 1. The van der Waals surface area contributed by atoms with Crippen molar-refractivity contribution in [2.75, 3.05) is 14.2 Å². The van der Waals surface area contributed by atoms with Gasteiger partial charge in [-0.2, -0.15) is 0 Å². The minimum absolute atomic E-state index is 0.0377. The molecule has 0 aliphatic carbocycles. The molecule has 4 N–H and O–H groups in total. The molecule has 1 aromatic rings. The molecule has 0 fully saturated rings. The van der Waals surface area contributed by atoms with E-state index in [1.807, 2.05) is 0 Å². The van der Waals surface area contributed by atoms with Crippen LogP contribution in [0, 0.1) is 5.82 Å². The molecule has 0 aliphatic heterocycles. The average Bonchev–Trinajstić information content (AvgIpc) is 2.34. The molecule has 0 heterocycles. The van der Waals surface area contributed by atoms with Crippen molar-refractivity contribution in [3.63, 3.8) is 0 Å². The molecule has 0 saturated carbocycles. The van der Waals surface area contributed by atoms with E-state index in [-0.39, 0.29) is 23.5 Å². The zero-order valence-electron chi connectivity index (χ0n) is 9.94. The summed E-state index contributed by atoms with van der Waals surface area (Å²) < 4.78 is 23.3. The Balaban J connectivity index is 3.30. The number of carboxylic acids is 1. The SMILES string of the molecule is COc1cc(F)c(O)c(CC(N)C(=O)O)c1OC. The van der Waals surface area contributed by atoms with Gasteiger partial charge < -0.3 is 25.4 Å². The summed E-state index contributed by atoms with van der Waals surface area (Å²) in [6, 6.07) is -0.333. The molecule has 18 heavy (non-hydrogen) atoms. The first-order valence-electron chi connectivity index (χ1n) is 5.03. The Morgan fingerprint density at radius 3 is 2.56 bits per heavy atom. The largest absolute Gasteiger partial charge is 0.505 e. The van der Waals surface area contributed by atoms with Gasteiger partial charge in [0.05, 0.1) is 14.2 Å². The molecular formula is C11H14FNO5. The summed E-state index contributed by atoms with van der Waals surface area (Å²) in [5, 5.41) is 18.3. The molecule has 100 valence electrons. The maximum Gasteiger partial charge on any atom is 0.320 e. The zero-order chi connectivity index (χ0) is 13.9. The first kappa shape index (κ1) is 14.0. The van der Waals surface area contributed by atoms with E-state index in [4.69, 9.17) is 20.3 Å². The van der Waals surface area contributed by atoms with Crippen LogP contribution in [0.2, 0.25) is 0 Å². The van der Waals surface area contributed by atoms with E-state index in [9.17, 15) is 14.3 Å². The lowest BCUT2D eigenvalue weighted by Gasteiger charge is -2.16. The summed E-state index contributed by atoms with van der Waals surface area (Å²) in [6.07, 6.45) is -0.279. The summed E-state index contributed by atoms with van der Waals surface area (Å²) in [4.78, 5) is 10.7. The Morgan fingerprint density at radius 1 is 1.50 bits per heavy atom. The van der Waals surface area contributed by atoms with Gasteiger partial charge in [-0.05, 0) is 0 Å². The molecule has 0 amide bonds. The first-order valence-corrected chi connectivity index (χ1v) is 5.03. The predicted molar refractivity (Wildman–Crippen MR) is 60.5 cm³/mol. The van der Waals surface area contributed by atoms with Crippen LogP contribution in [0.3, 0.4) is 0 Å². The summed E-state index contributed by atoms with van der Waals surface area (Å²) >= 11 is 0. The van der Waals surface area contributed by atoms with Gasteiger partial charge in [-0.15, -0.1) is 0 Å². The van der Waals surface area contributed by atoms with Crippen molar-refractivity contribution in [1.82, 2.24) is 0 Å². The number of aromatic hydroxyl groups is 1. The van der Waals surface area contributed by atoms with Crippen LogP contribution in [-0.2, 0) is 11.2 Å². The van der Waals surface area contributed by atoms with Gasteiger partial charge in [-0.25, -0.2) is 4.39 Å². The van der Waals surface area contributed by atoms with E-state index in [2.05, 4.69) is 0 Å². The maximum atomic E-state index is 13.4. The standard InChI is InChI=1S/C11H14FNO5/c1-17-8-4-6(12)9(14)5(10(8)18-2)3-7(13)11(15)16/h4,7,14H,3,13H2,1-2H3,(H,15,16). The van der Waals surface area contributed by atoms with E-state index in [1.165, 1.54) is 14.2 Å². The highest BCUT2D eigenvalue weighted by atomic mass is 19.1. The second-order valence-corrected chi connectivity index (χ2v) is 3.57. The van der Waals surface area contributed by atoms with Crippen LogP contribution < -0.4 is 15.2 Å². The third-order valence-corrected chi connectivity index (χ3v) is 2.43. The monoisotopic (exact) mass is 259 g/mol. The Morgan fingerprint density at radius 2 is 2.11 bits per heavy atom. The summed E-state index contributed by atoms with van der Waals surface area (Å²) in [5.74, 6) is -2.77. The zero-order valence-corrected chi connectivity index (χ0v) is 9.94. The lowest BCUT2D eigenvalue weighted by Crippen LogP contribution is -2.32. The number of nitrogens with two attached hydrogens (primary N) is 1. The Bertz CT molecular complexity index is 463. The van der Waals surface area contributed by atoms with Gasteiger partial charge in [-0.1, -0.05) is 0 Å². The van der Waals surface area contributed by atoms with Crippen LogP contribution in [-0.4, -0.2) is 36.4 Å². The van der Waals surface area contributed by atoms with Crippen molar-refractivity contribution >= 4 is 5.97 Å². The lowest BCUT2D eigenvalue weighted by atomic mass is 10.0. The van der Waals surface area contributed by atoms with Crippen molar-refractivity contribution < 1.29 is 28.9 Å². The van der Waals surface area contributed by atoms with Crippen molar-refractivity contribution in [1.29, 1.82) is 0 Å². The van der Waals surface area contributed by atoms with Crippen molar-refractivity contribution in [2.24, 2.45) is 5.73 Å². The van der Waals surface area contributed by atoms with E-state index in [1.54, 1.807) is 0 Å². The molecule has 1 atom stereocenters. The van der Waals surface area contributed by atoms with Crippen LogP contribution in [0.15, 0.2) is 6.07 Å². The number of ether oxygens (including phenoxy) is 2. The molecule has 0 spiro atoms. The molecule has 0 bridgehead atoms. The van der Waals surface area contributed by atoms with Gasteiger partial charge in [0.2, 0.25) is 0 Å². The van der Waals surface area contributed by atoms with Gasteiger partial charge in [0.15, 0.2) is 23.1 Å². The number of benzene rings is 1. The van der Waals surface area contributed by atoms with E-state index in [0.717, 1.165) is 6.07 Å². The molecule has 0 radical (unpaired) electrons. The predicted octanol–water partition coefficient (Wildman–Crippen LogP) is 0.503. The van der Waals surface area contributed by atoms with Crippen molar-refractivity contribution in [3.8, 4) is 17.2 Å². The fourth-order valence-corrected chi connectivity index (χ4v) is 1.52. The first-order chi connectivity index (χ1) is 8.42. The third-order valence-electron chi connectivity index (χ3n) is 2.43. The van der Waals surface area contributed by atoms with Gasteiger partial charge >= 0.3 is 5.97 Å². The summed E-state index contributed by atoms with van der Waals surface area (Å²) in [6.45, 7) is 0. The highest BCUT2D eigenvalue weighted by Gasteiger charge is 2.23. The Hall–Kier alpha value is -2.02. The second-order valence-electron chi connectivity index (χ2n) is 3.57. The Kier molecular flexibility index (Phi) is 4.33. The highest BCUT2D eigenvalue weighted by Crippen LogP contribution is 2.39. The molecule has 1 rings (SSSR count). The van der Waals surface area contributed by atoms with Crippen LogP contribution in [0.1, 0.15) is 5.56 Å². The number of phenols is 1. The highest BCUT2D eigenvalue weighted by molar-refractivity contribution is 5.74. The number of phenolic OH excluding ortho intramolecular Hbond substituents is 1.